The minimum Gasteiger partial charge on any atom is -0.497 e. The molecule has 5 heteroatoms. The summed E-state index contributed by atoms with van der Waals surface area (Å²) in [5, 5.41) is 9.26. The van der Waals surface area contributed by atoms with Crippen LogP contribution < -0.4 is 4.74 Å². The first-order chi connectivity index (χ1) is 11.1. The van der Waals surface area contributed by atoms with Gasteiger partial charge < -0.3 is 14.2 Å². The van der Waals surface area contributed by atoms with E-state index in [1.54, 1.807) is 7.11 Å². The predicted octanol–water partition coefficient (Wildman–Crippen LogP) is 3.19. The van der Waals surface area contributed by atoms with Gasteiger partial charge in [0.05, 0.1) is 12.8 Å². The van der Waals surface area contributed by atoms with Crippen LogP contribution >= 0.6 is 0 Å². The maximum absolute atomic E-state index is 11.3. The van der Waals surface area contributed by atoms with Crippen LogP contribution in [0.25, 0.3) is 5.65 Å². The lowest BCUT2D eigenvalue weighted by molar-refractivity contribution is 0.0690. The van der Waals surface area contributed by atoms with Crippen LogP contribution in [-0.2, 0) is 12.8 Å². The van der Waals surface area contributed by atoms with E-state index in [1.807, 2.05) is 53.9 Å². The van der Waals surface area contributed by atoms with E-state index < -0.39 is 5.97 Å². The molecule has 0 aliphatic heterocycles. The van der Waals surface area contributed by atoms with Gasteiger partial charge in [-0.05, 0) is 42.2 Å². The molecule has 0 amide bonds. The molecule has 0 saturated carbocycles. The van der Waals surface area contributed by atoms with E-state index in [0.29, 0.717) is 12.1 Å². The predicted molar refractivity (Wildman–Crippen MR) is 87.3 cm³/mol. The molecule has 2 heterocycles. The molecular formula is C18H18N2O3. The summed E-state index contributed by atoms with van der Waals surface area (Å²) >= 11 is 0. The Morgan fingerprint density at radius 3 is 2.48 bits per heavy atom. The highest BCUT2D eigenvalue weighted by molar-refractivity contribution is 5.88. The summed E-state index contributed by atoms with van der Waals surface area (Å²) in [5.41, 5.74) is 3.80. The molecule has 0 saturated heterocycles. The van der Waals surface area contributed by atoms with Crippen molar-refractivity contribution in [2.75, 3.05) is 7.11 Å². The number of carboxylic acids is 1. The van der Waals surface area contributed by atoms with E-state index in [-0.39, 0.29) is 5.69 Å². The zero-order valence-electron chi connectivity index (χ0n) is 13.1. The number of rotatable bonds is 5. The van der Waals surface area contributed by atoms with Gasteiger partial charge in [-0.3, -0.25) is 0 Å². The number of benzene rings is 1. The maximum Gasteiger partial charge on any atom is 0.356 e. The Hall–Kier alpha value is -2.82. The summed E-state index contributed by atoms with van der Waals surface area (Å²) in [6.45, 7) is 1.94. The summed E-state index contributed by atoms with van der Waals surface area (Å²) < 4.78 is 7.04. The number of carboxylic acid groups (broad SMARTS) is 1. The number of aromatic nitrogens is 2. The number of hydrogen-bond acceptors (Lipinski definition) is 3. The molecule has 0 bridgehead atoms. The summed E-state index contributed by atoms with van der Waals surface area (Å²) in [5.74, 6) is -0.152. The summed E-state index contributed by atoms with van der Waals surface area (Å²) in [6.07, 6.45) is 3.36. The summed E-state index contributed by atoms with van der Waals surface area (Å²) in [4.78, 5) is 15.5. The molecule has 0 spiro atoms. The Kier molecular flexibility index (Phi) is 4.02. The number of hydrogen-bond donors (Lipinski definition) is 1. The van der Waals surface area contributed by atoms with Crippen LogP contribution in [0.3, 0.4) is 0 Å². The Morgan fingerprint density at radius 1 is 1.17 bits per heavy atom. The highest BCUT2D eigenvalue weighted by Crippen LogP contribution is 2.18. The second-order valence-electron chi connectivity index (χ2n) is 5.36. The molecule has 3 rings (SSSR count). The molecule has 0 radical (unpaired) electrons. The summed E-state index contributed by atoms with van der Waals surface area (Å²) in [6, 6.07) is 11.8. The number of nitrogens with zero attached hydrogens (tertiary/aromatic N) is 2. The van der Waals surface area contributed by atoms with Crippen LogP contribution in [0.2, 0.25) is 0 Å². The third-order valence-electron chi connectivity index (χ3n) is 3.88. The van der Waals surface area contributed by atoms with E-state index in [1.165, 1.54) is 5.56 Å². The van der Waals surface area contributed by atoms with Crippen molar-refractivity contribution in [1.29, 1.82) is 0 Å². The fraction of sp³-hybridized carbons (Fsp3) is 0.222. The average Bonchev–Trinajstić information content (AvgIpc) is 2.93. The number of methoxy groups -OCH3 is 1. The van der Waals surface area contributed by atoms with E-state index in [0.717, 1.165) is 23.4 Å². The molecule has 0 aliphatic carbocycles. The van der Waals surface area contributed by atoms with Crippen LogP contribution in [0.15, 0.2) is 42.6 Å². The first-order valence-corrected chi connectivity index (χ1v) is 7.48. The summed E-state index contributed by atoms with van der Waals surface area (Å²) in [7, 11) is 1.65. The Bertz CT molecular complexity index is 851. The van der Waals surface area contributed by atoms with Gasteiger partial charge >= 0.3 is 5.97 Å². The topological polar surface area (TPSA) is 63.8 Å². The van der Waals surface area contributed by atoms with Crippen LogP contribution in [0.4, 0.5) is 0 Å². The smallest absolute Gasteiger partial charge is 0.356 e. The number of fused-ring (bicyclic) bond motifs is 1. The lowest BCUT2D eigenvalue weighted by atomic mass is 10.1. The highest BCUT2D eigenvalue weighted by atomic mass is 16.5. The molecule has 0 fully saturated rings. The van der Waals surface area contributed by atoms with Crippen molar-refractivity contribution in [1.82, 2.24) is 9.38 Å². The lowest BCUT2D eigenvalue weighted by Crippen LogP contribution is -2.02. The van der Waals surface area contributed by atoms with Crippen LogP contribution in [-0.4, -0.2) is 27.6 Å². The van der Waals surface area contributed by atoms with Crippen LogP contribution in [0, 0.1) is 0 Å². The minimum absolute atomic E-state index is 0.133. The lowest BCUT2D eigenvalue weighted by Gasteiger charge is -2.06. The Morgan fingerprint density at radius 2 is 1.87 bits per heavy atom. The van der Waals surface area contributed by atoms with Gasteiger partial charge in [0.25, 0.3) is 0 Å². The van der Waals surface area contributed by atoms with Gasteiger partial charge in [0, 0.05) is 6.20 Å². The third kappa shape index (κ3) is 2.90. The maximum atomic E-state index is 11.3. The van der Waals surface area contributed by atoms with Crippen LogP contribution in [0.5, 0.6) is 5.75 Å². The van der Waals surface area contributed by atoms with Gasteiger partial charge in [0.2, 0.25) is 0 Å². The zero-order chi connectivity index (χ0) is 16.4. The van der Waals surface area contributed by atoms with E-state index in [2.05, 4.69) is 4.98 Å². The van der Waals surface area contributed by atoms with Gasteiger partial charge in [-0.2, -0.15) is 0 Å². The molecule has 118 valence electrons. The highest BCUT2D eigenvalue weighted by Gasteiger charge is 2.16. The second-order valence-corrected chi connectivity index (χ2v) is 5.36. The molecule has 23 heavy (non-hydrogen) atoms. The Labute approximate surface area is 134 Å². The van der Waals surface area contributed by atoms with E-state index in [9.17, 15) is 9.90 Å². The fourth-order valence-corrected chi connectivity index (χ4v) is 2.73. The van der Waals surface area contributed by atoms with Gasteiger partial charge in [-0.1, -0.05) is 25.1 Å². The molecule has 0 aliphatic rings. The SMILES string of the molecule is CCc1c(C(=O)O)nc2ccc(Cc3ccc(OC)cc3)cn12. The van der Waals surface area contributed by atoms with Crippen molar-refractivity contribution >= 4 is 11.6 Å². The first kappa shape index (κ1) is 15.1. The largest absolute Gasteiger partial charge is 0.497 e. The van der Waals surface area contributed by atoms with Crippen molar-refractivity contribution in [2.45, 2.75) is 19.8 Å². The molecule has 1 aromatic carbocycles. The number of pyridine rings is 1. The number of imidazole rings is 1. The first-order valence-electron chi connectivity index (χ1n) is 7.48. The molecule has 0 atom stereocenters. The van der Waals surface area contributed by atoms with E-state index in [4.69, 9.17) is 4.74 Å². The monoisotopic (exact) mass is 310 g/mol. The molecule has 1 N–H and O–H groups in total. The fourth-order valence-electron chi connectivity index (χ4n) is 2.73. The van der Waals surface area contributed by atoms with Crippen molar-refractivity contribution < 1.29 is 14.6 Å². The zero-order valence-corrected chi connectivity index (χ0v) is 13.1. The number of ether oxygens (including phenoxy) is 1. The van der Waals surface area contributed by atoms with Gasteiger partial charge in [-0.15, -0.1) is 0 Å². The number of aryl methyl sites for hydroxylation is 1. The molecule has 5 nitrogen and oxygen atoms in total. The van der Waals surface area contributed by atoms with Crippen molar-refractivity contribution in [3.63, 3.8) is 0 Å². The van der Waals surface area contributed by atoms with Crippen LogP contribution in [0.1, 0.15) is 34.2 Å². The molecule has 3 aromatic rings. The standard InChI is InChI=1S/C18H18N2O3/c1-3-15-17(18(21)22)19-16-9-6-13(11-20(15)16)10-12-4-7-14(23-2)8-5-12/h4-9,11H,3,10H2,1-2H3,(H,21,22). The average molecular weight is 310 g/mol. The quantitative estimate of drug-likeness (QED) is 0.786. The van der Waals surface area contributed by atoms with Crippen molar-refractivity contribution in [3.05, 3.63) is 65.1 Å². The van der Waals surface area contributed by atoms with Crippen molar-refractivity contribution in [2.24, 2.45) is 0 Å². The third-order valence-corrected chi connectivity index (χ3v) is 3.88. The molecule has 0 unspecified atom stereocenters. The Balaban J connectivity index is 1.96. The van der Waals surface area contributed by atoms with E-state index >= 15 is 0 Å². The number of aromatic carboxylic acids is 1. The van der Waals surface area contributed by atoms with Crippen molar-refractivity contribution in [3.8, 4) is 5.75 Å². The normalized spacial score (nSPS) is 10.9. The van der Waals surface area contributed by atoms with Gasteiger partial charge in [0.1, 0.15) is 11.4 Å². The minimum atomic E-state index is -0.984. The number of carbonyl (C=O) groups is 1. The van der Waals surface area contributed by atoms with Gasteiger partial charge in [-0.25, -0.2) is 9.78 Å². The van der Waals surface area contributed by atoms with Gasteiger partial charge in [0.15, 0.2) is 5.69 Å². The second kappa shape index (κ2) is 6.12. The molecule has 2 aromatic heterocycles. The molecular weight excluding hydrogens is 292 g/mol.